The van der Waals surface area contributed by atoms with Gasteiger partial charge in [0.2, 0.25) is 5.91 Å². The van der Waals surface area contributed by atoms with Crippen molar-refractivity contribution in [3.63, 3.8) is 0 Å². The van der Waals surface area contributed by atoms with E-state index in [0.29, 0.717) is 13.1 Å². The lowest BCUT2D eigenvalue weighted by molar-refractivity contribution is -0.126. The van der Waals surface area contributed by atoms with Crippen LogP contribution in [0.1, 0.15) is 25.5 Å². The molecule has 5 nitrogen and oxygen atoms in total. The minimum absolute atomic E-state index is 0.00833. The van der Waals surface area contributed by atoms with Crippen LogP contribution in [0.5, 0.6) is 0 Å². The molecule has 3 unspecified atom stereocenters. The zero-order chi connectivity index (χ0) is 15.9. The highest BCUT2D eigenvalue weighted by molar-refractivity contribution is 5.83. The zero-order valence-electron chi connectivity index (χ0n) is 13.5. The molecule has 3 N–H and O–H groups in total. The van der Waals surface area contributed by atoms with Gasteiger partial charge in [-0.25, -0.2) is 0 Å². The Labute approximate surface area is 132 Å². The highest BCUT2D eigenvalue weighted by Crippen LogP contribution is 2.21. The molecule has 3 atom stereocenters. The van der Waals surface area contributed by atoms with Crippen LogP contribution >= 0.6 is 0 Å². The fourth-order valence-electron chi connectivity index (χ4n) is 3.01. The lowest BCUT2D eigenvalue weighted by atomic mass is 10.0. The highest BCUT2D eigenvalue weighted by Gasteiger charge is 2.29. The molecular formula is C17H27N3O2. The Hall–Kier alpha value is -1.43. The van der Waals surface area contributed by atoms with Crippen molar-refractivity contribution >= 4 is 5.91 Å². The average Bonchev–Trinajstić information content (AvgIpc) is 2.96. The molecule has 0 aromatic heterocycles. The smallest absolute Gasteiger partial charge is 0.241 e. The van der Waals surface area contributed by atoms with Crippen LogP contribution in [0, 0.1) is 5.92 Å². The summed E-state index contributed by atoms with van der Waals surface area (Å²) in [6.45, 7) is 7.64. The first-order chi connectivity index (χ1) is 10.7. The van der Waals surface area contributed by atoms with Crippen molar-refractivity contribution in [1.29, 1.82) is 0 Å². The molecular weight excluding hydrogens is 278 g/mol. The van der Waals surface area contributed by atoms with Crippen LogP contribution in [0.25, 0.3) is 0 Å². The van der Waals surface area contributed by atoms with E-state index in [0.717, 1.165) is 25.2 Å². The summed E-state index contributed by atoms with van der Waals surface area (Å²) in [6.07, 6.45) is -0.371. The SMILES string of the molecule is CCN(CC)C(C(=O)NCC1CNCC1O)c1ccccc1. The second kappa shape index (κ2) is 8.27. The molecule has 1 amide bonds. The summed E-state index contributed by atoms with van der Waals surface area (Å²) in [7, 11) is 0. The van der Waals surface area contributed by atoms with Crippen LogP contribution in [-0.2, 0) is 4.79 Å². The standard InChI is InChI=1S/C17H27N3O2/c1-3-20(4-2)16(13-8-6-5-7-9-13)17(22)19-11-14-10-18-12-15(14)21/h5-9,14-16,18,21H,3-4,10-12H2,1-2H3,(H,19,22). The van der Waals surface area contributed by atoms with E-state index >= 15 is 0 Å². The number of hydrogen-bond acceptors (Lipinski definition) is 4. The Morgan fingerprint density at radius 1 is 1.32 bits per heavy atom. The number of rotatable bonds is 7. The van der Waals surface area contributed by atoms with Gasteiger partial charge in [0.05, 0.1) is 6.10 Å². The monoisotopic (exact) mass is 305 g/mol. The van der Waals surface area contributed by atoms with Gasteiger partial charge in [-0.3, -0.25) is 9.69 Å². The van der Waals surface area contributed by atoms with Crippen LogP contribution < -0.4 is 10.6 Å². The second-order valence-electron chi connectivity index (χ2n) is 5.77. The summed E-state index contributed by atoms with van der Waals surface area (Å²) in [4.78, 5) is 14.9. The lowest BCUT2D eigenvalue weighted by Gasteiger charge is -2.29. The first-order valence-electron chi connectivity index (χ1n) is 8.12. The molecule has 22 heavy (non-hydrogen) atoms. The summed E-state index contributed by atoms with van der Waals surface area (Å²) in [6, 6.07) is 9.60. The number of benzene rings is 1. The van der Waals surface area contributed by atoms with Gasteiger partial charge in [0.15, 0.2) is 0 Å². The average molecular weight is 305 g/mol. The Bertz CT molecular complexity index is 462. The molecule has 1 saturated heterocycles. The number of likely N-dealkylation sites (N-methyl/N-ethyl adjacent to an activating group) is 1. The molecule has 1 aliphatic heterocycles. The van der Waals surface area contributed by atoms with Crippen molar-refractivity contribution in [2.45, 2.75) is 26.0 Å². The maximum Gasteiger partial charge on any atom is 0.241 e. The molecule has 0 radical (unpaired) electrons. The summed E-state index contributed by atoms with van der Waals surface area (Å²) in [5.41, 5.74) is 1.01. The molecule has 1 heterocycles. The minimum atomic E-state index is -0.371. The van der Waals surface area contributed by atoms with E-state index in [1.54, 1.807) is 0 Å². The van der Waals surface area contributed by atoms with E-state index in [1.807, 2.05) is 30.3 Å². The summed E-state index contributed by atoms with van der Waals surface area (Å²) in [5.74, 6) is 0.103. The lowest BCUT2D eigenvalue weighted by Crippen LogP contribution is -2.43. The maximum absolute atomic E-state index is 12.7. The van der Waals surface area contributed by atoms with Gasteiger partial charge in [-0.15, -0.1) is 0 Å². The first kappa shape index (κ1) is 16.9. The molecule has 0 saturated carbocycles. The number of carbonyl (C=O) groups excluding carboxylic acids is 1. The Kier molecular flexibility index (Phi) is 6.36. The van der Waals surface area contributed by atoms with Crippen molar-refractivity contribution in [1.82, 2.24) is 15.5 Å². The molecule has 1 fully saturated rings. The van der Waals surface area contributed by atoms with Crippen molar-refractivity contribution in [2.24, 2.45) is 5.92 Å². The Balaban J connectivity index is 2.05. The van der Waals surface area contributed by atoms with Crippen LogP contribution in [0.3, 0.4) is 0 Å². The summed E-state index contributed by atoms with van der Waals surface area (Å²) < 4.78 is 0. The fraction of sp³-hybridized carbons (Fsp3) is 0.588. The second-order valence-corrected chi connectivity index (χ2v) is 5.77. The van der Waals surface area contributed by atoms with Crippen molar-refractivity contribution in [3.8, 4) is 0 Å². The zero-order valence-corrected chi connectivity index (χ0v) is 13.5. The number of nitrogens with zero attached hydrogens (tertiary/aromatic N) is 1. The van der Waals surface area contributed by atoms with Crippen LogP contribution in [0.4, 0.5) is 0 Å². The third-order valence-corrected chi connectivity index (χ3v) is 4.38. The third kappa shape index (κ3) is 4.06. The van der Waals surface area contributed by atoms with Crippen LogP contribution in [-0.4, -0.2) is 54.7 Å². The van der Waals surface area contributed by atoms with Gasteiger partial charge >= 0.3 is 0 Å². The van der Waals surface area contributed by atoms with Crippen molar-refractivity contribution in [3.05, 3.63) is 35.9 Å². The topological polar surface area (TPSA) is 64.6 Å². The van der Waals surface area contributed by atoms with E-state index in [2.05, 4.69) is 29.4 Å². The van der Waals surface area contributed by atoms with Gasteiger partial charge in [0.1, 0.15) is 6.04 Å². The molecule has 122 valence electrons. The van der Waals surface area contributed by atoms with Gasteiger partial charge in [-0.1, -0.05) is 44.2 Å². The molecule has 1 aromatic carbocycles. The predicted octanol–water partition coefficient (Wildman–Crippen LogP) is 0.766. The van der Waals surface area contributed by atoms with E-state index in [4.69, 9.17) is 0 Å². The molecule has 0 spiro atoms. The molecule has 5 heteroatoms. The van der Waals surface area contributed by atoms with Crippen LogP contribution in [0.2, 0.25) is 0 Å². The van der Waals surface area contributed by atoms with E-state index < -0.39 is 0 Å². The number of aliphatic hydroxyl groups excluding tert-OH is 1. The fourth-order valence-corrected chi connectivity index (χ4v) is 3.01. The van der Waals surface area contributed by atoms with E-state index in [1.165, 1.54) is 0 Å². The van der Waals surface area contributed by atoms with Crippen molar-refractivity contribution < 1.29 is 9.90 Å². The number of hydrogen-bond donors (Lipinski definition) is 3. The molecule has 0 aliphatic carbocycles. The van der Waals surface area contributed by atoms with E-state index in [-0.39, 0.29) is 24.0 Å². The summed E-state index contributed by atoms with van der Waals surface area (Å²) in [5, 5.41) is 16.0. The van der Waals surface area contributed by atoms with E-state index in [9.17, 15) is 9.90 Å². The highest BCUT2D eigenvalue weighted by atomic mass is 16.3. The Morgan fingerprint density at radius 3 is 2.55 bits per heavy atom. The minimum Gasteiger partial charge on any atom is -0.391 e. The van der Waals surface area contributed by atoms with Gasteiger partial charge < -0.3 is 15.7 Å². The molecule has 0 bridgehead atoms. The summed E-state index contributed by atoms with van der Waals surface area (Å²) >= 11 is 0. The number of carbonyl (C=O) groups is 1. The largest absolute Gasteiger partial charge is 0.391 e. The number of aliphatic hydroxyl groups is 1. The van der Waals surface area contributed by atoms with Gasteiger partial charge in [0, 0.05) is 25.6 Å². The molecule has 1 aliphatic rings. The van der Waals surface area contributed by atoms with Gasteiger partial charge in [-0.2, -0.15) is 0 Å². The number of nitrogens with one attached hydrogen (secondary N) is 2. The maximum atomic E-state index is 12.7. The number of β-amino-alcohol motifs (C(OH)–C–C–N with tert-alkyl or cyclic N) is 1. The normalized spacial score (nSPS) is 22.7. The molecule has 2 rings (SSSR count). The third-order valence-electron chi connectivity index (χ3n) is 4.38. The van der Waals surface area contributed by atoms with Gasteiger partial charge in [0.25, 0.3) is 0 Å². The van der Waals surface area contributed by atoms with Crippen LogP contribution in [0.15, 0.2) is 30.3 Å². The van der Waals surface area contributed by atoms with Gasteiger partial charge in [-0.05, 0) is 18.7 Å². The molecule has 1 aromatic rings. The predicted molar refractivity (Wildman–Crippen MR) is 87.5 cm³/mol. The quantitative estimate of drug-likeness (QED) is 0.696. The Morgan fingerprint density at radius 2 is 2.00 bits per heavy atom. The first-order valence-corrected chi connectivity index (χ1v) is 8.12. The van der Waals surface area contributed by atoms with Crippen molar-refractivity contribution in [2.75, 3.05) is 32.7 Å². The number of amides is 1.